The van der Waals surface area contributed by atoms with Crippen molar-refractivity contribution < 1.29 is 0 Å². The Balaban J connectivity index is 1.61. The predicted molar refractivity (Wildman–Crippen MR) is 144 cm³/mol. The minimum atomic E-state index is 0.184. The minimum Gasteiger partial charge on any atom is -0.236 e. The van der Waals surface area contributed by atoms with Gasteiger partial charge in [-0.2, -0.15) is 0 Å². The maximum atomic E-state index is 5.00. The molecule has 7 rings (SSSR count). The van der Waals surface area contributed by atoms with E-state index in [1.807, 2.05) is 0 Å². The highest BCUT2D eigenvalue weighted by Gasteiger charge is 2.38. The molecule has 0 saturated heterocycles. The summed E-state index contributed by atoms with van der Waals surface area (Å²) < 4.78 is 1.25. The van der Waals surface area contributed by atoms with Gasteiger partial charge in [0.1, 0.15) is 5.01 Å². The first kappa shape index (κ1) is 19.5. The van der Waals surface area contributed by atoms with E-state index in [2.05, 4.69) is 94.4 Å². The first-order valence-corrected chi connectivity index (χ1v) is 12.8. The van der Waals surface area contributed by atoms with Crippen LogP contribution in [0.25, 0.3) is 53.1 Å². The number of rotatable bonds is 1. The minimum absolute atomic E-state index is 0.184. The van der Waals surface area contributed by atoms with Crippen molar-refractivity contribution in [3.05, 3.63) is 77.9 Å². The SMILES string of the molecule is CC1(C)CCC(C)(C)c2c1cc1ccc3c(-c4nc5ccccc5s4)ccc4ccc2c1c43. The van der Waals surface area contributed by atoms with Crippen LogP contribution in [0, 0.1) is 0 Å². The van der Waals surface area contributed by atoms with E-state index < -0.39 is 0 Å². The summed E-state index contributed by atoms with van der Waals surface area (Å²) in [6.07, 6.45) is 2.47. The van der Waals surface area contributed by atoms with Crippen molar-refractivity contribution in [1.82, 2.24) is 4.98 Å². The standard InChI is InChI=1S/C31H27NS/c1-30(2)15-16-31(3,4)28-22-14-10-18-9-13-21(29-32-24-7-5-6-8-25(24)33-29)20-12-11-19(17-23(28)30)27(22)26(18)20/h5-14,17H,15-16H2,1-4H3. The van der Waals surface area contributed by atoms with Crippen LogP contribution in [0.3, 0.4) is 0 Å². The zero-order valence-corrected chi connectivity index (χ0v) is 20.4. The van der Waals surface area contributed by atoms with Gasteiger partial charge in [-0.1, -0.05) is 82.3 Å². The number of thiazole rings is 1. The number of nitrogens with zero attached hydrogens (tertiary/aromatic N) is 1. The Labute approximate surface area is 198 Å². The van der Waals surface area contributed by atoms with Gasteiger partial charge in [-0.05, 0) is 79.2 Å². The molecule has 33 heavy (non-hydrogen) atoms. The molecule has 1 aliphatic rings. The Morgan fingerprint density at radius 1 is 0.727 bits per heavy atom. The van der Waals surface area contributed by atoms with Gasteiger partial charge >= 0.3 is 0 Å². The molecule has 0 saturated carbocycles. The van der Waals surface area contributed by atoms with E-state index in [0.29, 0.717) is 0 Å². The Hall–Kier alpha value is -2.97. The first-order valence-electron chi connectivity index (χ1n) is 11.9. The summed E-state index contributed by atoms with van der Waals surface area (Å²) in [5.74, 6) is 0. The van der Waals surface area contributed by atoms with Gasteiger partial charge in [-0.15, -0.1) is 11.3 Å². The number of fused-ring (bicyclic) bond motifs is 3. The molecule has 0 unspecified atom stereocenters. The van der Waals surface area contributed by atoms with E-state index in [4.69, 9.17) is 4.98 Å². The number of benzene rings is 5. The van der Waals surface area contributed by atoms with E-state index in [0.717, 1.165) is 10.5 Å². The first-order chi connectivity index (χ1) is 15.8. The largest absolute Gasteiger partial charge is 0.236 e. The molecular formula is C31H27NS. The molecule has 0 bridgehead atoms. The quantitative estimate of drug-likeness (QED) is 0.230. The molecule has 6 aromatic rings. The average Bonchev–Trinajstić information content (AvgIpc) is 3.24. The zero-order valence-electron chi connectivity index (χ0n) is 19.6. The van der Waals surface area contributed by atoms with Crippen LogP contribution < -0.4 is 0 Å². The molecule has 1 aliphatic carbocycles. The predicted octanol–water partition coefficient (Wildman–Crippen LogP) is 9.21. The van der Waals surface area contributed by atoms with Crippen LogP contribution in [0.2, 0.25) is 0 Å². The number of hydrogen-bond acceptors (Lipinski definition) is 2. The Bertz CT molecular complexity index is 1680. The molecule has 0 atom stereocenters. The molecule has 1 nitrogen and oxygen atoms in total. The second kappa shape index (κ2) is 6.33. The fourth-order valence-electron chi connectivity index (χ4n) is 6.20. The lowest BCUT2D eigenvalue weighted by molar-refractivity contribution is 0.335. The molecule has 162 valence electrons. The molecule has 0 radical (unpaired) electrons. The summed E-state index contributed by atoms with van der Waals surface area (Å²) in [4.78, 5) is 5.00. The second-order valence-corrected chi connectivity index (χ2v) is 12.1. The molecule has 0 fully saturated rings. The maximum absolute atomic E-state index is 5.00. The summed E-state index contributed by atoms with van der Waals surface area (Å²) >= 11 is 1.79. The Morgan fingerprint density at radius 2 is 1.42 bits per heavy atom. The van der Waals surface area contributed by atoms with Gasteiger partial charge in [0.25, 0.3) is 0 Å². The third kappa shape index (κ3) is 2.62. The molecule has 1 heterocycles. The van der Waals surface area contributed by atoms with Crippen molar-refractivity contribution in [3.63, 3.8) is 0 Å². The van der Waals surface area contributed by atoms with Crippen LogP contribution >= 0.6 is 11.3 Å². The van der Waals surface area contributed by atoms with Crippen molar-refractivity contribution in [2.45, 2.75) is 51.4 Å². The molecule has 0 N–H and O–H groups in total. The summed E-state index contributed by atoms with van der Waals surface area (Å²) in [6, 6.07) is 24.9. The molecule has 0 amide bonds. The fraction of sp³-hybridized carbons (Fsp3) is 0.258. The highest BCUT2D eigenvalue weighted by Crippen LogP contribution is 2.51. The van der Waals surface area contributed by atoms with E-state index in [9.17, 15) is 0 Å². The van der Waals surface area contributed by atoms with Crippen molar-refractivity contribution in [1.29, 1.82) is 0 Å². The van der Waals surface area contributed by atoms with Crippen molar-refractivity contribution in [2.24, 2.45) is 0 Å². The normalized spacial score (nSPS) is 17.3. The third-order valence-corrected chi connectivity index (χ3v) is 9.16. The lowest BCUT2D eigenvalue weighted by Gasteiger charge is -2.43. The van der Waals surface area contributed by atoms with Crippen LogP contribution in [0.1, 0.15) is 51.7 Å². The number of para-hydroxylation sites is 1. The van der Waals surface area contributed by atoms with Crippen molar-refractivity contribution in [3.8, 4) is 10.6 Å². The third-order valence-electron chi connectivity index (χ3n) is 8.09. The fourth-order valence-corrected chi connectivity index (χ4v) is 7.20. The Morgan fingerprint density at radius 3 is 2.27 bits per heavy atom. The van der Waals surface area contributed by atoms with Gasteiger partial charge in [-0.25, -0.2) is 4.98 Å². The van der Waals surface area contributed by atoms with Gasteiger partial charge in [0, 0.05) is 5.56 Å². The van der Waals surface area contributed by atoms with E-state index in [1.54, 1.807) is 16.9 Å². The van der Waals surface area contributed by atoms with E-state index in [1.165, 1.54) is 61.0 Å². The molecule has 0 aliphatic heterocycles. The van der Waals surface area contributed by atoms with Gasteiger partial charge < -0.3 is 0 Å². The molecule has 1 aromatic heterocycles. The summed E-state index contributed by atoms with van der Waals surface area (Å²) in [6.45, 7) is 9.71. The van der Waals surface area contributed by atoms with Gasteiger partial charge in [0.15, 0.2) is 0 Å². The summed E-state index contributed by atoms with van der Waals surface area (Å²) in [7, 11) is 0. The second-order valence-electron chi connectivity index (χ2n) is 11.1. The van der Waals surface area contributed by atoms with Crippen molar-refractivity contribution in [2.75, 3.05) is 0 Å². The highest BCUT2D eigenvalue weighted by molar-refractivity contribution is 7.21. The average molecular weight is 446 g/mol. The van der Waals surface area contributed by atoms with Crippen LogP contribution in [0.15, 0.2) is 66.7 Å². The lowest BCUT2D eigenvalue weighted by atomic mass is 9.61. The number of aromatic nitrogens is 1. The van der Waals surface area contributed by atoms with Gasteiger partial charge in [0.05, 0.1) is 10.2 Å². The van der Waals surface area contributed by atoms with Gasteiger partial charge in [0.2, 0.25) is 0 Å². The smallest absolute Gasteiger partial charge is 0.125 e. The Kier molecular flexibility index (Phi) is 3.74. The maximum Gasteiger partial charge on any atom is 0.125 e. The van der Waals surface area contributed by atoms with Crippen LogP contribution in [-0.4, -0.2) is 4.98 Å². The van der Waals surface area contributed by atoms with Crippen LogP contribution in [0.5, 0.6) is 0 Å². The topological polar surface area (TPSA) is 12.9 Å². The monoisotopic (exact) mass is 445 g/mol. The van der Waals surface area contributed by atoms with Gasteiger partial charge in [-0.3, -0.25) is 0 Å². The van der Waals surface area contributed by atoms with Crippen molar-refractivity contribution >= 4 is 53.9 Å². The van der Waals surface area contributed by atoms with E-state index in [-0.39, 0.29) is 10.8 Å². The molecule has 5 aromatic carbocycles. The van der Waals surface area contributed by atoms with Crippen LogP contribution in [0.4, 0.5) is 0 Å². The van der Waals surface area contributed by atoms with E-state index >= 15 is 0 Å². The molecule has 0 spiro atoms. The van der Waals surface area contributed by atoms with Crippen LogP contribution in [-0.2, 0) is 10.8 Å². The highest BCUT2D eigenvalue weighted by atomic mass is 32.1. The lowest BCUT2D eigenvalue weighted by Crippen LogP contribution is -2.34. The zero-order chi connectivity index (χ0) is 22.5. The number of hydrogen-bond donors (Lipinski definition) is 0. The summed E-state index contributed by atoms with van der Waals surface area (Å²) in [5, 5.41) is 9.38. The molecular weight excluding hydrogens is 418 g/mol. The molecule has 2 heteroatoms. The summed E-state index contributed by atoms with van der Waals surface area (Å²) in [5.41, 5.74) is 5.82.